The summed E-state index contributed by atoms with van der Waals surface area (Å²) in [6, 6.07) is 13.7. The third-order valence-electron chi connectivity index (χ3n) is 2.68. The van der Waals surface area contributed by atoms with Gasteiger partial charge in [-0.05, 0) is 24.7 Å². The molecule has 0 unspecified atom stereocenters. The van der Waals surface area contributed by atoms with Gasteiger partial charge < -0.3 is 11.1 Å². The quantitative estimate of drug-likeness (QED) is 0.657. The van der Waals surface area contributed by atoms with Gasteiger partial charge in [-0.15, -0.1) is 0 Å². The predicted octanol–water partition coefficient (Wildman–Crippen LogP) is 3.69. The van der Waals surface area contributed by atoms with E-state index in [4.69, 9.17) is 12.3 Å². The van der Waals surface area contributed by atoms with Crippen LogP contribution in [0.2, 0.25) is 0 Å². The van der Waals surface area contributed by atoms with Crippen LogP contribution in [0.4, 0.5) is 11.4 Å². The van der Waals surface area contributed by atoms with Crippen molar-refractivity contribution in [3.8, 4) is 0 Å². The van der Waals surface area contributed by atoms with Crippen molar-refractivity contribution in [2.24, 2.45) is 0 Å². The molecule has 0 fully saturated rings. The Morgan fingerprint density at radius 1 is 1.21 bits per heavy atom. The van der Waals surface area contributed by atoms with Crippen LogP contribution in [0.5, 0.6) is 0 Å². The van der Waals surface area contributed by atoms with Gasteiger partial charge in [0.1, 0.15) is 0 Å². The number of nitrogens with one attached hydrogen (secondary N) is 1. The highest BCUT2D eigenvalue weighted by atomic mass is 32.2. The average molecular weight is 269 g/mol. The van der Waals surface area contributed by atoms with Crippen molar-refractivity contribution in [3.63, 3.8) is 0 Å². The largest absolute Gasteiger partial charge is 0.399 e. The van der Waals surface area contributed by atoms with Gasteiger partial charge in [-0.2, -0.15) is 0 Å². The maximum absolute atomic E-state index is 6.98. The highest BCUT2D eigenvalue weighted by Crippen LogP contribution is 2.35. The van der Waals surface area contributed by atoms with Crippen LogP contribution in [0.1, 0.15) is 5.56 Å². The molecule has 0 amide bonds. The molecule has 0 aliphatic heterocycles. The predicted molar refractivity (Wildman–Crippen MR) is 80.4 cm³/mol. The minimum Gasteiger partial charge on any atom is -0.399 e. The van der Waals surface area contributed by atoms with E-state index >= 15 is 0 Å². The lowest BCUT2D eigenvalue weighted by Crippen LogP contribution is -2.05. The molecule has 0 radical (unpaired) electrons. The van der Waals surface area contributed by atoms with Crippen LogP contribution in [0.3, 0.4) is 0 Å². The fourth-order valence-corrected chi connectivity index (χ4v) is 2.72. The van der Waals surface area contributed by atoms with Crippen molar-refractivity contribution in [2.45, 2.75) is 16.3 Å². The third-order valence-corrected chi connectivity index (χ3v) is 3.89. The smallest absolute Gasteiger partial charge is 0.189 e. The van der Waals surface area contributed by atoms with Gasteiger partial charge >= 0.3 is 0 Å². The third kappa shape index (κ3) is 3.28. The number of nitrogen functional groups attached to an aromatic ring is 1. The molecule has 19 heavy (non-hydrogen) atoms. The molecule has 0 heterocycles. The summed E-state index contributed by atoms with van der Waals surface area (Å²) in [5, 5.41) is 3.16. The van der Waals surface area contributed by atoms with Gasteiger partial charge in [0.15, 0.2) is 5.69 Å². The molecule has 0 bridgehead atoms. The molecule has 2 rings (SSSR count). The first kappa shape index (κ1) is 13.5. The first-order chi connectivity index (χ1) is 9.24. The summed E-state index contributed by atoms with van der Waals surface area (Å²) in [4.78, 5) is 5.54. The molecule has 0 saturated carbocycles. The maximum Gasteiger partial charge on any atom is 0.189 e. The zero-order valence-electron chi connectivity index (χ0n) is 10.7. The van der Waals surface area contributed by atoms with Gasteiger partial charge in [0.25, 0.3) is 0 Å². The van der Waals surface area contributed by atoms with Gasteiger partial charge in [-0.25, -0.2) is 4.85 Å². The van der Waals surface area contributed by atoms with E-state index in [0.717, 1.165) is 11.4 Å². The molecule has 0 atom stereocenters. The van der Waals surface area contributed by atoms with E-state index in [0.29, 0.717) is 11.4 Å². The summed E-state index contributed by atoms with van der Waals surface area (Å²) < 4.78 is 0. The lowest BCUT2D eigenvalue weighted by molar-refractivity contribution is 0.803. The molecular formula is C15H15N3S. The van der Waals surface area contributed by atoms with E-state index in [1.54, 1.807) is 23.9 Å². The van der Waals surface area contributed by atoms with Gasteiger partial charge in [0.2, 0.25) is 0 Å². The Bertz CT molecular complexity index is 617. The number of nitrogens with two attached hydrogens (primary N) is 1. The van der Waals surface area contributed by atoms with E-state index in [1.807, 2.05) is 25.2 Å². The van der Waals surface area contributed by atoms with Crippen molar-refractivity contribution in [1.82, 2.24) is 5.32 Å². The van der Waals surface area contributed by atoms with E-state index in [-0.39, 0.29) is 0 Å². The number of hydrogen-bond donors (Lipinski definition) is 2. The number of rotatable bonds is 4. The molecule has 3 N–H and O–H groups in total. The van der Waals surface area contributed by atoms with Crippen molar-refractivity contribution in [1.29, 1.82) is 0 Å². The van der Waals surface area contributed by atoms with Crippen molar-refractivity contribution in [2.75, 3.05) is 12.8 Å². The molecule has 2 aromatic rings. The zero-order valence-corrected chi connectivity index (χ0v) is 11.5. The Morgan fingerprint density at radius 3 is 2.68 bits per heavy atom. The molecule has 96 valence electrons. The number of benzene rings is 2. The van der Waals surface area contributed by atoms with E-state index < -0.39 is 0 Å². The van der Waals surface area contributed by atoms with Crippen molar-refractivity contribution in [3.05, 3.63) is 59.4 Å². The summed E-state index contributed by atoms with van der Waals surface area (Å²) in [7, 11) is 1.93. The molecule has 0 aliphatic rings. The minimum atomic E-state index is 0.574. The Balaban J connectivity index is 2.29. The standard InChI is InChI=1S/C15H15N3S/c1-17-10-11-5-3-4-6-14(11)19-15-8-7-12(18-2)9-13(15)16/h3-9,17H,10,16H2,1H3. The molecule has 0 aromatic heterocycles. The topological polar surface area (TPSA) is 42.4 Å². The van der Waals surface area contributed by atoms with Crippen LogP contribution in [0.15, 0.2) is 52.3 Å². The summed E-state index contributed by atoms with van der Waals surface area (Å²) in [6.45, 7) is 7.80. The van der Waals surface area contributed by atoms with E-state index in [9.17, 15) is 0 Å². The SMILES string of the molecule is [C-]#[N+]c1ccc(Sc2ccccc2CNC)c(N)c1. The van der Waals surface area contributed by atoms with Crippen LogP contribution in [0.25, 0.3) is 4.85 Å². The monoisotopic (exact) mass is 269 g/mol. The summed E-state index contributed by atoms with van der Waals surface area (Å²) in [6.07, 6.45) is 0. The summed E-state index contributed by atoms with van der Waals surface area (Å²) >= 11 is 1.63. The molecule has 2 aromatic carbocycles. The first-order valence-electron chi connectivity index (χ1n) is 5.92. The molecule has 0 saturated heterocycles. The summed E-state index contributed by atoms with van der Waals surface area (Å²) in [5.41, 5.74) is 8.45. The lowest BCUT2D eigenvalue weighted by atomic mass is 10.2. The summed E-state index contributed by atoms with van der Waals surface area (Å²) in [5.74, 6) is 0. The van der Waals surface area contributed by atoms with E-state index in [1.165, 1.54) is 10.5 Å². The maximum atomic E-state index is 6.98. The molecule has 0 spiro atoms. The number of hydrogen-bond acceptors (Lipinski definition) is 3. The Hall–Kier alpha value is -1.96. The Kier molecular flexibility index (Phi) is 4.45. The van der Waals surface area contributed by atoms with Gasteiger partial charge in [0, 0.05) is 22.0 Å². The fourth-order valence-electron chi connectivity index (χ4n) is 1.76. The molecule has 3 nitrogen and oxygen atoms in total. The van der Waals surface area contributed by atoms with Crippen molar-refractivity contribution < 1.29 is 0 Å². The first-order valence-corrected chi connectivity index (χ1v) is 6.73. The second kappa shape index (κ2) is 6.28. The van der Waals surface area contributed by atoms with Crippen LogP contribution in [0, 0.1) is 6.57 Å². The fraction of sp³-hybridized carbons (Fsp3) is 0.133. The van der Waals surface area contributed by atoms with Crippen molar-refractivity contribution >= 4 is 23.1 Å². The number of nitrogens with zero attached hydrogens (tertiary/aromatic N) is 1. The average Bonchev–Trinajstić information content (AvgIpc) is 2.43. The second-order valence-electron chi connectivity index (χ2n) is 4.07. The highest BCUT2D eigenvalue weighted by Gasteiger charge is 2.06. The van der Waals surface area contributed by atoms with Gasteiger partial charge in [0.05, 0.1) is 6.57 Å². The van der Waals surface area contributed by atoms with Crippen LogP contribution in [-0.4, -0.2) is 7.05 Å². The van der Waals surface area contributed by atoms with Gasteiger partial charge in [-0.3, -0.25) is 0 Å². The Morgan fingerprint density at radius 2 is 2.00 bits per heavy atom. The lowest BCUT2D eigenvalue weighted by Gasteiger charge is -2.10. The van der Waals surface area contributed by atoms with Crippen LogP contribution >= 0.6 is 11.8 Å². The molecule has 0 aliphatic carbocycles. The minimum absolute atomic E-state index is 0.574. The second-order valence-corrected chi connectivity index (χ2v) is 5.16. The van der Waals surface area contributed by atoms with Crippen LogP contribution in [-0.2, 0) is 6.54 Å². The van der Waals surface area contributed by atoms with Gasteiger partial charge in [-0.1, -0.05) is 42.1 Å². The Labute approximate surface area is 117 Å². The normalized spacial score (nSPS) is 10.1. The molecular weight excluding hydrogens is 254 g/mol. The zero-order chi connectivity index (χ0) is 13.7. The van der Waals surface area contributed by atoms with E-state index in [2.05, 4.69) is 22.3 Å². The highest BCUT2D eigenvalue weighted by molar-refractivity contribution is 7.99. The number of anilines is 1. The van der Waals surface area contributed by atoms with Crippen LogP contribution < -0.4 is 11.1 Å². The molecule has 4 heteroatoms.